The highest BCUT2D eigenvalue weighted by Gasteiger charge is 2.21. The molecule has 0 aliphatic carbocycles. The number of hydrogen-bond donors (Lipinski definition) is 0. The van der Waals surface area contributed by atoms with Gasteiger partial charge >= 0.3 is 0 Å². The number of para-hydroxylation sites is 1. The average Bonchev–Trinajstić information content (AvgIpc) is 3.76. The van der Waals surface area contributed by atoms with E-state index >= 15 is 0 Å². The predicted octanol–water partition coefficient (Wildman–Crippen LogP) is 13.3. The number of benzene rings is 8. The maximum Gasteiger partial charge on any atom is 0.147 e. The summed E-state index contributed by atoms with van der Waals surface area (Å²) in [7, 11) is 0. The van der Waals surface area contributed by atoms with Gasteiger partial charge in [0.25, 0.3) is 0 Å². The van der Waals surface area contributed by atoms with Crippen molar-refractivity contribution in [3.05, 3.63) is 170 Å². The van der Waals surface area contributed by atoms with Gasteiger partial charge in [0.1, 0.15) is 22.5 Å². The molecule has 0 atom stereocenters. The van der Waals surface area contributed by atoms with Crippen LogP contribution >= 0.6 is 0 Å². The van der Waals surface area contributed by atoms with E-state index in [0.717, 1.165) is 55.4 Å². The normalized spacial score (nSPS) is 11.8. The third-order valence-corrected chi connectivity index (χ3v) is 9.66. The van der Waals surface area contributed by atoms with Crippen molar-refractivity contribution in [1.82, 2.24) is 0 Å². The summed E-state index contributed by atoms with van der Waals surface area (Å²) in [6, 6.07) is 60.2. The van der Waals surface area contributed by atoms with Gasteiger partial charge in [-0.1, -0.05) is 152 Å². The van der Waals surface area contributed by atoms with E-state index in [4.69, 9.17) is 8.83 Å². The average molecular weight is 613 g/mol. The van der Waals surface area contributed by atoms with Crippen molar-refractivity contribution in [1.29, 1.82) is 0 Å². The SMILES string of the molecule is c1ccc(-c2cc3cc(-c4ccc(-c5c6ccccc6c(-c6ccccc6)c6ccccc56)cc4)c4oc5ccccc5c4c3o2)cc1. The van der Waals surface area contributed by atoms with Crippen molar-refractivity contribution >= 4 is 54.5 Å². The third-order valence-electron chi connectivity index (χ3n) is 9.66. The summed E-state index contributed by atoms with van der Waals surface area (Å²) < 4.78 is 13.2. The molecule has 0 amide bonds. The molecule has 0 unspecified atom stereocenters. The number of hydrogen-bond acceptors (Lipinski definition) is 2. The van der Waals surface area contributed by atoms with Crippen LogP contribution in [0.15, 0.2) is 179 Å². The van der Waals surface area contributed by atoms with Crippen LogP contribution in [-0.2, 0) is 0 Å². The lowest BCUT2D eigenvalue weighted by molar-refractivity contribution is 0.633. The van der Waals surface area contributed by atoms with Crippen LogP contribution in [0.3, 0.4) is 0 Å². The summed E-state index contributed by atoms with van der Waals surface area (Å²) in [5, 5.41) is 8.13. The van der Waals surface area contributed by atoms with Crippen molar-refractivity contribution in [2.75, 3.05) is 0 Å². The van der Waals surface area contributed by atoms with Gasteiger partial charge in [0.2, 0.25) is 0 Å². The van der Waals surface area contributed by atoms with Gasteiger partial charge < -0.3 is 8.83 Å². The Morgan fingerprint density at radius 1 is 0.333 bits per heavy atom. The van der Waals surface area contributed by atoms with E-state index in [2.05, 4.69) is 140 Å². The number of fused-ring (bicyclic) bond motifs is 7. The number of furan rings is 2. The molecule has 2 heteroatoms. The molecule has 10 aromatic rings. The Hall–Kier alpha value is -6.38. The number of rotatable bonds is 4. The first kappa shape index (κ1) is 26.8. The molecule has 10 rings (SSSR count). The fourth-order valence-corrected chi connectivity index (χ4v) is 7.52. The van der Waals surface area contributed by atoms with Gasteiger partial charge in [-0.25, -0.2) is 0 Å². The Morgan fingerprint density at radius 2 is 0.812 bits per heavy atom. The fraction of sp³-hybridized carbons (Fsp3) is 0. The van der Waals surface area contributed by atoms with E-state index in [9.17, 15) is 0 Å². The standard InChI is InChI=1S/C46H28O2/c1-3-13-30(14-4-1)41-28-33-27-39(46-44(45(33)48-41)38-21-11-12-22-40(38)47-46)29-23-25-32(26-24-29)43-36-19-9-7-17-34(36)42(31-15-5-2-6-16-31)35-18-8-10-20-37(35)43/h1-28H. The van der Waals surface area contributed by atoms with Crippen LogP contribution in [0.1, 0.15) is 0 Å². The monoisotopic (exact) mass is 612 g/mol. The second kappa shape index (κ2) is 10.6. The molecule has 0 aliphatic rings. The van der Waals surface area contributed by atoms with Crippen molar-refractivity contribution in [3.8, 4) is 44.7 Å². The molecular formula is C46H28O2. The Balaban J connectivity index is 1.19. The van der Waals surface area contributed by atoms with Crippen LogP contribution < -0.4 is 0 Å². The second-order valence-electron chi connectivity index (χ2n) is 12.4. The van der Waals surface area contributed by atoms with Gasteiger partial charge in [0.15, 0.2) is 0 Å². The minimum absolute atomic E-state index is 0.841. The molecule has 0 saturated carbocycles. The molecule has 0 N–H and O–H groups in total. The summed E-state index contributed by atoms with van der Waals surface area (Å²) in [5.74, 6) is 0.849. The lowest BCUT2D eigenvalue weighted by Crippen LogP contribution is -1.90. The zero-order chi connectivity index (χ0) is 31.6. The molecule has 8 aromatic carbocycles. The zero-order valence-electron chi connectivity index (χ0n) is 26.0. The van der Waals surface area contributed by atoms with Crippen LogP contribution in [0, 0.1) is 0 Å². The maximum atomic E-state index is 6.59. The largest absolute Gasteiger partial charge is 0.455 e. The highest BCUT2D eigenvalue weighted by atomic mass is 16.3. The Morgan fingerprint density at radius 3 is 1.42 bits per heavy atom. The van der Waals surface area contributed by atoms with Crippen molar-refractivity contribution < 1.29 is 8.83 Å². The van der Waals surface area contributed by atoms with Crippen LogP contribution in [0.4, 0.5) is 0 Å². The van der Waals surface area contributed by atoms with Gasteiger partial charge in [0.05, 0.1) is 5.39 Å². The second-order valence-corrected chi connectivity index (χ2v) is 12.4. The first-order valence-corrected chi connectivity index (χ1v) is 16.3. The minimum atomic E-state index is 0.841. The van der Waals surface area contributed by atoms with E-state index < -0.39 is 0 Å². The summed E-state index contributed by atoms with van der Waals surface area (Å²) in [6.07, 6.45) is 0. The van der Waals surface area contributed by atoms with Crippen LogP contribution in [0.25, 0.3) is 99.2 Å². The van der Waals surface area contributed by atoms with Crippen LogP contribution in [0.2, 0.25) is 0 Å². The summed E-state index contributed by atoms with van der Waals surface area (Å²) in [4.78, 5) is 0. The maximum absolute atomic E-state index is 6.59. The van der Waals surface area contributed by atoms with Gasteiger partial charge in [-0.3, -0.25) is 0 Å². The van der Waals surface area contributed by atoms with Crippen LogP contribution in [0.5, 0.6) is 0 Å². The smallest absolute Gasteiger partial charge is 0.147 e. The van der Waals surface area contributed by atoms with Gasteiger partial charge in [0, 0.05) is 21.9 Å². The van der Waals surface area contributed by atoms with Crippen molar-refractivity contribution in [3.63, 3.8) is 0 Å². The molecule has 224 valence electrons. The van der Waals surface area contributed by atoms with E-state index in [1.165, 1.54) is 43.8 Å². The molecule has 2 nitrogen and oxygen atoms in total. The molecule has 2 aromatic heterocycles. The van der Waals surface area contributed by atoms with Crippen LogP contribution in [-0.4, -0.2) is 0 Å². The highest BCUT2D eigenvalue weighted by molar-refractivity contribution is 6.23. The van der Waals surface area contributed by atoms with E-state index in [1.54, 1.807) is 0 Å². The first-order valence-electron chi connectivity index (χ1n) is 16.3. The topological polar surface area (TPSA) is 26.3 Å². The van der Waals surface area contributed by atoms with Gasteiger partial charge in [-0.15, -0.1) is 0 Å². The molecule has 0 radical (unpaired) electrons. The first-order chi connectivity index (χ1) is 23.8. The van der Waals surface area contributed by atoms with E-state index in [-0.39, 0.29) is 0 Å². The molecule has 0 fully saturated rings. The zero-order valence-corrected chi connectivity index (χ0v) is 26.0. The van der Waals surface area contributed by atoms with E-state index in [0.29, 0.717) is 0 Å². The molecule has 2 heterocycles. The van der Waals surface area contributed by atoms with Gasteiger partial charge in [-0.05, 0) is 67.6 Å². The van der Waals surface area contributed by atoms with Crippen molar-refractivity contribution in [2.24, 2.45) is 0 Å². The predicted molar refractivity (Wildman–Crippen MR) is 200 cm³/mol. The molecular weight excluding hydrogens is 585 g/mol. The van der Waals surface area contributed by atoms with Gasteiger partial charge in [-0.2, -0.15) is 0 Å². The Kier molecular flexibility index (Phi) is 5.91. The lowest BCUT2D eigenvalue weighted by atomic mass is 9.85. The molecule has 48 heavy (non-hydrogen) atoms. The quantitative estimate of drug-likeness (QED) is 0.185. The third kappa shape index (κ3) is 4.06. The molecule has 0 bridgehead atoms. The van der Waals surface area contributed by atoms with E-state index in [1.807, 2.05) is 30.3 Å². The Labute approximate surface area is 277 Å². The molecule has 0 saturated heterocycles. The summed E-state index contributed by atoms with van der Waals surface area (Å²) in [5.41, 5.74) is 10.7. The summed E-state index contributed by atoms with van der Waals surface area (Å²) >= 11 is 0. The van der Waals surface area contributed by atoms with Crippen molar-refractivity contribution in [2.45, 2.75) is 0 Å². The molecule has 0 spiro atoms. The minimum Gasteiger partial charge on any atom is -0.455 e. The fourth-order valence-electron chi connectivity index (χ4n) is 7.52. The highest BCUT2D eigenvalue weighted by Crippen LogP contribution is 2.46. The Bertz CT molecular complexity index is 2750. The lowest BCUT2D eigenvalue weighted by Gasteiger charge is -2.18. The molecule has 0 aliphatic heterocycles. The summed E-state index contributed by atoms with van der Waals surface area (Å²) in [6.45, 7) is 0.